The van der Waals surface area contributed by atoms with E-state index in [-0.39, 0.29) is 11.9 Å². The minimum atomic E-state index is -0.481. The zero-order chi connectivity index (χ0) is 12.8. The predicted molar refractivity (Wildman–Crippen MR) is 70.3 cm³/mol. The van der Waals surface area contributed by atoms with E-state index in [1.54, 1.807) is 0 Å². The van der Waals surface area contributed by atoms with E-state index in [9.17, 15) is 4.79 Å². The van der Waals surface area contributed by atoms with Gasteiger partial charge in [0, 0.05) is 25.0 Å². The number of aromatic nitrogens is 1. The molecule has 3 heterocycles. The molecule has 1 fully saturated rings. The maximum absolute atomic E-state index is 11.7. The van der Waals surface area contributed by atoms with Crippen molar-refractivity contribution in [1.82, 2.24) is 15.2 Å². The Bertz CT molecular complexity index is 452. The second-order valence-corrected chi connectivity index (χ2v) is 5.95. The van der Waals surface area contributed by atoms with Gasteiger partial charge in [-0.25, -0.2) is 0 Å². The first-order valence-corrected chi connectivity index (χ1v) is 6.81. The number of nitrogens with one attached hydrogen (secondary N) is 2. The van der Waals surface area contributed by atoms with Crippen molar-refractivity contribution >= 4 is 5.91 Å². The number of aryl methyl sites for hydroxylation is 2. The minimum Gasteiger partial charge on any atom is -0.353 e. The Morgan fingerprint density at radius 2 is 2.22 bits per heavy atom. The van der Waals surface area contributed by atoms with Gasteiger partial charge in [-0.3, -0.25) is 10.1 Å². The van der Waals surface area contributed by atoms with Gasteiger partial charge in [-0.15, -0.1) is 0 Å². The van der Waals surface area contributed by atoms with Crippen LogP contribution in [0.2, 0.25) is 0 Å². The van der Waals surface area contributed by atoms with E-state index >= 15 is 0 Å². The highest BCUT2D eigenvalue weighted by molar-refractivity contribution is 5.86. The van der Waals surface area contributed by atoms with Crippen molar-refractivity contribution in [2.75, 3.05) is 6.54 Å². The molecule has 0 radical (unpaired) electrons. The van der Waals surface area contributed by atoms with Crippen molar-refractivity contribution in [1.29, 1.82) is 0 Å². The average molecular weight is 247 g/mol. The van der Waals surface area contributed by atoms with E-state index in [0.29, 0.717) is 6.54 Å². The molecule has 1 aromatic heterocycles. The van der Waals surface area contributed by atoms with Gasteiger partial charge in [0.1, 0.15) is 0 Å². The van der Waals surface area contributed by atoms with Crippen molar-refractivity contribution in [3.8, 4) is 0 Å². The second-order valence-electron chi connectivity index (χ2n) is 5.95. The molecule has 0 aliphatic carbocycles. The maximum Gasteiger partial charge on any atom is 0.239 e. The molecule has 0 aromatic carbocycles. The monoisotopic (exact) mass is 247 g/mol. The molecule has 1 unspecified atom stereocenters. The SMILES string of the molecule is CC1(C)NC(c2cc3n(c2)CCCC3)CNC1=O. The summed E-state index contributed by atoms with van der Waals surface area (Å²) in [6.07, 6.45) is 6.01. The van der Waals surface area contributed by atoms with Gasteiger partial charge in [-0.2, -0.15) is 0 Å². The Labute approximate surface area is 108 Å². The Morgan fingerprint density at radius 1 is 1.39 bits per heavy atom. The summed E-state index contributed by atoms with van der Waals surface area (Å²) in [4.78, 5) is 11.7. The molecular formula is C14H21N3O. The largest absolute Gasteiger partial charge is 0.353 e. The smallest absolute Gasteiger partial charge is 0.239 e. The van der Waals surface area contributed by atoms with Crippen LogP contribution in [-0.4, -0.2) is 22.6 Å². The van der Waals surface area contributed by atoms with Crippen molar-refractivity contribution in [2.24, 2.45) is 0 Å². The number of piperazine rings is 1. The van der Waals surface area contributed by atoms with Gasteiger partial charge >= 0.3 is 0 Å². The van der Waals surface area contributed by atoms with Crippen LogP contribution in [0.25, 0.3) is 0 Å². The van der Waals surface area contributed by atoms with E-state index in [4.69, 9.17) is 0 Å². The van der Waals surface area contributed by atoms with Gasteiger partial charge in [0.2, 0.25) is 5.91 Å². The summed E-state index contributed by atoms with van der Waals surface area (Å²) in [5.74, 6) is 0.0859. The lowest BCUT2D eigenvalue weighted by Crippen LogP contribution is -2.60. The van der Waals surface area contributed by atoms with Crippen molar-refractivity contribution in [2.45, 2.75) is 51.2 Å². The van der Waals surface area contributed by atoms with Crippen molar-refractivity contribution < 1.29 is 4.79 Å². The third-order valence-corrected chi connectivity index (χ3v) is 4.06. The Balaban J connectivity index is 1.83. The summed E-state index contributed by atoms with van der Waals surface area (Å²) >= 11 is 0. The molecule has 4 nitrogen and oxygen atoms in total. The molecule has 1 aromatic rings. The molecule has 2 aliphatic rings. The summed E-state index contributed by atoms with van der Waals surface area (Å²) in [5.41, 5.74) is 2.26. The molecule has 4 heteroatoms. The summed E-state index contributed by atoms with van der Waals surface area (Å²) < 4.78 is 2.37. The molecule has 0 bridgehead atoms. The number of hydrogen-bond donors (Lipinski definition) is 2. The lowest BCUT2D eigenvalue weighted by atomic mass is 9.96. The maximum atomic E-state index is 11.7. The fraction of sp³-hybridized carbons (Fsp3) is 0.643. The van der Waals surface area contributed by atoms with Crippen LogP contribution in [0.5, 0.6) is 0 Å². The Hall–Kier alpha value is -1.29. The molecule has 1 amide bonds. The van der Waals surface area contributed by atoms with Crippen LogP contribution < -0.4 is 10.6 Å². The summed E-state index contributed by atoms with van der Waals surface area (Å²) in [6, 6.07) is 2.53. The fourth-order valence-corrected chi connectivity index (χ4v) is 2.95. The zero-order valence-corrected chi connectivity index (χ0v) is 11.1. The van der Waals surface area contributed by atoms with Gasteiger partial charge in [0.15, 0.2) is 0 Å². The zero-order valence-electron chi connectivity index (χ0n) is 11.1. The van der Waals surface area contributed by atoms with E-state index < -0.39 is 5.54 Å². The molecule has 3 rings (SSSR count). The molecule has 1 atom stereocenters. The van der Waals surface area contributed by atoms with Gasteiger partial charge in [-0.1, -0.05) is 0 Å². The second kappa shape index (κ2) is 4.12. The van der Waals surface area contributed by atoms with E-state index in [2.05, 4.69) is 27.5 Å². The first-order chi connectivity index (χ1) is 8.56. The van der Waals surface area contributed by atoms with Crippen LogP contribution in [-0.2, 0) is 17.8 Å². The number of fused-ring (bicyclic) bond motifs is 1. The molecule has 18 heavy (non-hydrogen) atoms. The summed E-state index contributed by atoms with van der Waals surface area (Å²) in [6.45, 7) is 5.69. The normalized spacial score (nSPS) is 26.6. The molecule has 2 N–H and O–H groups in total. The lowest BCUT2D eigenvalue weighted by molar-refractivity contribution is -0.128. The number of carbonyl (C=O) groups excluding carboxylic acids is 1. The quantitative estimate of drug-likeness (QED) is 0.787. The van der Waals surface area contributed by atoms with Crippen LogP contribution in [0, 0.1) is 0 Å². The van der Waals surface area contributed by atoms with Crippen molar-refractivity contribution in [3.05, 3.63) is 23.5 Å². The van der Waals surface area contributed by atoms with Gasteiger partial charge in [0.25, 0.3) is 0 Å². The average Bonchev–Trinajstić information content (AvgIpc) is 2.76. The van der Waals surface area contributed by atoms with Crippen LogP contribution in [0.15, 0.2) is 12.3 Å². The molecular weight excluding hydrogens is 226 g/mol. The third-order valence-electron chi connectivity index (χ3n) is 4.06. The topological polar surface area (TPSA) is 46.1 Å². The number of rotatable bonds is 1. The highest BCUT2D eigenvalue weighted by atomic mass is 16.2. The summed E-state index contributed by atoms with van der Waals surface area (Å²) in [7, 11) is 0. The van der Waals surface area contributed by atoms with E-state index in [1.807, 2.05) is 13.8 Å². The highest BCUT2D eigenvalue weighted by Crippen LogP contribution is 2.25. The van der Waals surface area contributed by atoms with E-state index in [1.165, 1.54) is 30.5 Å². The number of nitrogens with zero attached hydrogens (tertiary/aromatic N) is 1. The fourth-order valence-electron chi connectivity index (χ4n) is 2.95. The minimum absolute atomic E-state index is 0.0859. The van der Waals surface area contributed by atoms with Gasteiger partial charge < -0.3 is 9.88 Å². The standard InChI is InChI=1S/C14H21N3O/c1-14(2)13(18)15-8-12(16-14)10-7-11-5-3-4-6-17(11)9-10/h7,9,12,16H,3-6,8H2,1-2H3,(H,15,18). The predicted octanol–water partition coefficient (Wildman–Crippen LogP) is 1.36. The van der Waals surface area contributed by atoms with Gasteiger partial charge in [-0.05, 0) is 44.7 Å². The lowest BCUT2D eigenvalue weighted by Gasteiger charge is -2.36. The first kappa shape index (κ1) is 11.8. The van der Waals surface area contributed by atoms with Crippen LogP contribution >= 0.6 is 0 Å². The third kappa shape index (κ3) is 1.94. The molecule has 98 valence electrons. The van der Waals surface area contributed by atoms with Crippen LogP contribution in [0.1, 0.15) is 44.0 Å². The summed E-state index contributed by atoms with van der Waals surface area (Å²) in [5, 5.41) is 6.43. The first-order valence-electron chi connectivity index (χ1n) is 6.81. The van der Waals surface area contributed by atoms with Gasteiger partial charge in [0.05, 0.1) is 11.6 Å². The highest BCUT2D eigenvalue weighted by Gasteiger charge is 2.35. The Morgan fingerprint density at radius 3 is 2.94 bits per heavy atom. The number of carbonyl (C=O) groups is 1. The molecule has 0 spiro atoms. The number of amides is 1. The van der Waals surface area contributed by atoms with E-state index in [0.717, 1.165) is 6.54 Å². The molecule has 0 saturated carbocycles. The number of hydrogen-bond acceptors (Lipinski definition) is 2. The van der Waals surface area contributed by atoms with Crippen LogP contribution in [0.3, 0.4) is 0 Å². The Kier molecular flexibility index (Phi) is 2.70. The van der Waals surface area contributed by atoms with Crippen LogP contribution in [0.4, 0.5) is 0 Å². The molecule has 2 aliphatic heterocycles. The molecule has 1 saturated heterocycles. The van der Waals surface area contributed by atoms with Crippen molar-refractivity contribution in [3.63, 3.8) is 0 Å².